The number of hydrogen-bond acceptors (Lipinski definition) is 2. The van der Waals surface area contributed by atoms with Crippen LogP contribution in [0.3, 0.4) is 0 Å². The van der Waals surface area contributed by atoms with E-state index in [4.69, 9.17) is 0 Å². The molecule has 54 valence electrons. The monoisotopic (exact) mass is 145 g/mol. The van der Waals surface area contributed by atoms with Gasteiger partial charge in [-0.2, -0.15) is 0 Å². The lowest BCUT2D eigenvalue weighted by Crippen LogP contribution is -1.93. The highest BCUT2D eigenvalue weighted by atomic mass is 32.2. The highest BCUT2D eigenvalue weighted by molar-refractivity contribution is 8.02. The van der Waals surface area contributed by atoms with Gasteiger partial charge in [0.05, 0.1) is 5.88 Å². The summed E-state index contributed by atoms with van der Waals surface area (Å²) >= 11 is 1.78. The molecule has 0 bridgehead atoms. The van der Waals surface area contributed by atoms with E-state index in [0.717, 1.165) is 11.8 Å². The van der Waals surface area contributed by atoms with E-state index in [1.807, 2.05) is 11.6 Å². The standard InChI is InChI=1S/C4H10.C3H5NS/c1-4(2)3;1-2-5-3-4-1/h4H,1-3H3;1-2,4H,3H2. The fraction of sp³-hybridized carbons (Fsp3) is 0.714. The van der Waals surface area contributed by atoms with Gasteiger partial charge in [0.1, 0.15) is 0 Å². The summed E-state index contributed by atoms with van der Waals surface area (Å²) < 4.78 is 0. The van der Waals surface area contributed by atoms with Gasteiger partial charge in [-0.05, 0) is 11.3 Å². The van der Waals surface area contributed by atoms with Crippen molar-refractivity contribution in [1.29, 1.82) is 0 Å². The second kappa shape index (κ2) is 6.02. The molecule has 0 aromatic rings. The molecule has 0 unspecified atom stereocenters. The molecule has 2 heteroatoms. The topological polar surface area (TPSA) is 12.0 Å². The maximum absolute atomic E-state index is 3.00. The Kier molecular flexibility index (Phi) is 5.94. The van der Waals surface area contributed by atoms with Gasteiger partial charge in [-0.25, -0.2) is 0 Å². The maximum Gasteiger partial charge on any atom is 0.0646 e. The predicted octanol–water partition coefficient (Wildman–Crippen LogP) is 2.41. The second-order valence-electron chi connectivity index (χ2n) is 2.55. The zero-order chi connectivity index (χ0) is 7.11. The Bertz CT molecular complexity index is 70.2. The van der Waals surface area contributed by atoms with Crippen LogP contribution in [0.4, 0.5) is 0 Å². The molecular weight excluding hydrogens is 130 g/mol. The van der Waals surface area contributed by atoms with Crippen molar-refractivity contribution in [3.63, 3.8) is 0 Å². The highest BCUT2D eigenvalue weighted by Gasteiger charge is 1.81. The van der Waals surface area contributed by atoms with Crippen LogP contribution < -0.4 is 5.32 Å². The van der Waals surface area contributed by atoms with Crippen molar-refractivity contribution >= 4 is 11.8 Å². The molecule has 0 aromatic carbocycles. The Morgan fingerprint density at radius 2 is 2.00 bits per heavy atom. The molecule has 0 aromatic heterocycles. The first-order chi connectivity index (χ1) is 4.23. The molecule has 0 saturated heterocycles. The van der Waals surface area contributed by atoms with Crippen molar-refractivity contribution in [2.75, 3.05) is 5.88 Å². The van der Waals surface area contributed by atoms with Crippen LogP contribution in [-0.4, -0.2) is 5.88 Å². The molecule has 0 fully saturated rings. The third-order valence-corrected chi connectivity index (χ3v) is 1.11. The smallest absolute Gasteiger partial charge is 0.0646 e. The van der Waals surface area contributed by atoms with Crippen LogP contribution in [0.15, 0.2) is 11.6 Å². The lowest BCUT2D eigenvalue weighted by Gasteiger charge is -1.79. The van der Waals surface area contributed by atoms with Crippen molar-refractivity contribution in [1.82, 2.24) is 5.32 Å². The van der Waals surface area contributed by atoms with Gasteiger partial charge in [-0.3, -0.25) is 0 Å². The lowest BCUT2D eigenvalue weighted by atomic mass is 10.3. The summed E-state index contributed by atoms with van der Waals surface area (Å²) in [6.07, 6.45) is 1.95. The highest BCUT2D eigenvalue weighted by Crippen LogP contribution is 2.02. The third kappa shape index (κ3) is 11.4. The molecule has 0 radical (unpaired) electrons. The fourth-order valence-electron chi connectivity index (χ4n) is 0.241. The van der Waals surface area contributed by atoms with E-state index < -0.39 is 0 Å². The molecule has 0 saturated carbocycles. The quantitative estimate of drug-likeness (QED) is 0.562. The van der Waals surface area contributed by atoms with Crippen LogP contribution in [0, 0.1) is 5.92 Å². The predicted molar refractivity (Wildman–Crippen MR) is 45.2 cm³/mol. The first-order valence-corrected chi connectivity index (χ1v) is 4.28. The molecule has 0 atom stereocenters. The lowest BCUT2D eigenvalue weighted by molar-refractivity contribution is 0.737. The van der Waals surface area contributed by atoms with Crippen LogP contribution in [0.2, 0.25) is 0 Å². The number of hydrogen-bond donors (Lipinski definition) is 1. The zero-order valence-corrected chi connectivity index (χ0v) is 7.16. The SMILES string of the molecule is C1=CSCN1.CC(C)C. The van der Waals surface area contributed by atoms with Crippen LogP contribution >= 0.6 is 11.8 Å². The van der Waals surface area contributed by atoms with Crippen molar-refractivity contribution in [2.45, 2.75) is 20.8 Å². The molecule has 9 heavy (non-hydrogen) atoms. The summed E-state index contributed by atoms with van der Waals surface area (Å²) in [6.45, 7) is 6.50. The zero-order valence-electron chi connectivity index (χ0n) is 6.35. The van der Waals surface area contributed by atoms with Gasteiger partial charge < -0.3 is 5.32 Å². The van der Waals surface area contributed by atoms with Gasteiger partial charge in [-0.15, -0.1) is 11.8 Å². The van der Waals surface area contributed by atoms with Crippen molar-refractivity contribution in [3.8, 4) is 0 Å². The Morgan fingerprint density at radius 3 is 2.11 bits per heavy atom. The fourth-order valence-corrected chi connectivity index (χ4v) is 0.722. The van der Waals surface area contributed by atoms with Crippen molar-refractivity contribution in [2.24, 2.45) is 5.92 Å². The van der Waals surface area contributed by atoms with E-state index in [1.165, 1.54) is 0 Å². The average molecular weight is 145 g/mol. The van der Waals surface area contributed by atoms with Gasteiger partial charge >= 0.3 is 0 Å². The summed E-state index contributed by atoms with van der Waals surface area (Å²) in [6, 6.07) is 0. The normalized spacial score (nSPS) is 14.7. The molecule has 1 nitrogen and oxygen atoms in total. The van der Waals surface area contributed by atoms with E-state index in [1.54, 1.807) is 11.8 Å². The van der Waals surface area contributed by atoms with Gasteiger partial charge in [-0.1, -0.05) is 20.8 Å². The summed E-state index contributed by atoms with van der Waals surface area (Å²) in [5.41, 5.74) is 0. The Hall–Kier alpha value is -0.110. The Labute approximate surface area is 61.9 Å². The van der Waals surface area contributed by atoms with E-state index in [0.29, 0.717) is 0 Å². The molecule has 1 N–H and O–H groups in total. The van der Waals surface area contributed by atoms with Gasteiger partial charge in [0.15, 0.2) is 0 Å². The summed E-state index contributed by atoms with van der Waals surface area (Å²) in [5.74, 6) is 1.89. The van der Waals surface area contributed by atoms with Crippen molar-refractivity contribution < 1.29 is 0 Å². The van der Waals surface area contributed by atoms with Crippen LogP contribution in [0.5, 0.6) is 0 Å². The first-order valence-electron chi connectivity index (χ1n) is 3.23. The number of nitrogens with one attached hydrogen (secondary N) is 1. The van der Waals surface area contributed by atoms with E-state index in [-0.39, 0.29) is 0 Å². The van der Waals surface area contributed by atoms with Gasteiger partial charge in [0.25, 0.3) is 0 Å². The van der Waals surface area contributed by atoms with Gasteiger partial charge in [0, 0.05) is 6.20 Å². The van der Waals surface area contributed by atoms with E-state index in [2.05, 4.69) is 26.1 Å². The largest absolute Gasteiger partial charge is 0.381 e. The molecule has 1 aliphatic heterocycles. The van der Waals surface area contributed by atoms with Crippen LogP contribution in [0.25, 0.3) is 0 Å². The number of thioether (sulfide) groups is 1. The van der Waals surface area contributed by atoms with E-state index >= 15 is 0 Å². The number of rotatable bonds is 0. The molecule has 0 amide bonds. The van der Waals surface area contributed by atoms with Gasteiger partial charge in [0.2, 0.25) is 0 Å². The average Bonchev–Trinajstić information content (AvgIpc) is 2.11. The summed E-state index contributed by atoms with van der Waals surface area (Å²) in [7, 11) is 0. The second-order valence-corrected chi connectivity index (χ2v) is 3.44. The maximum atomic E-state index is 3.00. The Balaban J connectivity index is 0.000000148. The van der Waals surface area contributed by atoms with Crippen LogP contribution in [0.1, 0.15) is 20.8 Å². The van der Waals surface area contributed by atoms with E-state index in [9.17, 15) is 0 Å². The van der Waals surface area contributed by atoms with Crippen LogP contribution in [-0.2, 0) is 0 Å². The summed E-state index contributed by atoms with van der Waals surface area (Å²) in [4.78, 5) is 0. The minimum atomic E-state index is 0.833. The Morgan fingerprint density at radius 1 is 1.44 bits per heavy atom. The molecule has 1 rings (SSSR count). The molecule has 0 aliphatic carbocycles. The first kappa shape index (κ1) is 8.89. The van der Waals surface area contributed by atoms with Crippen molar-refractivity contribution in [3.05, 3.63) is 11.6 Å². The molecule has 0 spiro atoms. The minimum Gasteiger partial charge on any atom is -0.381 e. The third-order valence-electron chi connectivity index (χ3n) is 0.449. The summed E-state index contributed by atoms with van der Waals surface area (Å²) in [5, 5.41) is 5.05. The molecule has 1 aliphatic rings. The molecule has 1 heterocycles. The molecular formula is C7H15NS. The minimum absolute atomic E-state index is 0.833.